The molecule has 0 aliphatic heterocycles. The van der Waals surface area contributed by atoms with Crippen LogP contribution in [0.5, 0.6) is 17.2 Å². The molecular formula is C22H21ClN2O4. The van der Waals surface area contributed by atoms with Gasteiger partial charge in [0.2, 0.25) is 0 Å². The molecule has 6 nitrogen and oxygen atoms in total. The van der Waals surface area contributed by atoms with E-state index in [0.717, 1.165) is 10.8 Å². The second kappa shape index (κ2) is 9.30. The summed E-state index contributed by atoms with van der Waals surface area (Å²) in [6.45, 7) is 2.35. The summed E-state index contributed by atoms with van der Waals surface area (Å²) in [4.78, 5) is 12.6. The van der Waals surface area contributed by atoms with Gasteiger partial charge in [0.25, 0.3) is 5.91 Å². The molecule has 0 heterocycles. The molecule has 150 valence electrons. The van der Waals surface area contributed by atoms with Crippen LogP contribution in [-0.2, 0) is 0 Å². The second-order valence-corrected chi connectivity index (χ2v) is 6.46. The van der Waals surface area contributed by atoms with E-state index in [-0.39, 0.29) is 0 Å². The molecular weight excluding hydrogens is 392 g/mol. The number of ether oxygens (including phenoxy) is 3. The van der Waals surface area contributed by atoms with Crippen molar-refractivity contribution in [3.05, 3.63) is 64.7 Å². The van der Waals surface area contributed by atoms with Gasteiger partial charge in [0.1, 0.15) is 5.75 Å². The summed E-state index contributed by atoms with van der Waals surface area (Å²) in [6, 6.07) is 14.7. The van der Waals surface area contributed by atoms with E-state index in [0.29, 0.717) is 40.0 Å². The second-order valence-electron chi connectivity index (χ2n) is 6.06. The number of hydrogen-bond donors (Lipinski definition) is 1. The van der Waals surface area contributed by atoms with Crippen molar-refractivity contribution in [2.75, 3.05) is 20.8 Å². The number of methoxy groups -OCH3 is 2. The monoisotopic (exact) mass is 412 g/mol. The number of fused-ring (bicyclic) bond motifs is 1. The van der Waals surface area contributed by atoms with Crippen LogP contribution in [0.3, 0.4) is 0 Å². The number of amides is 1. The zero-order valence-corrected chi connectivity index (χ0v) is 17.1. The molecule has 0 bridgehead atoms. The van der Waals surface area contributed by atoms with E-state index >= 15 is 0 Å². The highest BCUT2D eigenvalue weighted by atomic mass is 35.5. The first-order valence-electron chi connectivity index (χ1n) is 8.97. The molecule has 0 unspecified atom stereocenters. The summed E-state index contributed by atoms with van der Waals surface area (Å²) < 4.78 is 16.2. The molecule has 0 aliphatic rings. The molecule has 0 aliphatic carbocycles. The molecule has 1 amide bonds. The van der Waals surface area contributed by atoms with Crippen molar-refractivity contribution in [2.24, 2.45) is 5.10 Å². The summed E-state index contributed by atoms with van der Waals surface area (Å²) in [6.07, 6.45) is 1.45. The Balaban J connectivity index is 1.83. The molecule has 1 N–H and O–H groups in total. The Kier molecular flexibility index (Phi) is 6.57. The lowest BCUT2D eigenvalue weighted by molar-refractivity contribution is 0.0952. The van der Waals surface area contributed by atoms with Crippen LogP contribution in [0.2, 0.25) is 5.02 Å². The Morgan fingerprint density at radius 1 is 1.03 bits per heavy atom. The van der Waals surface area contributed by atoms with Gasteiger partial charge in [-0.2, -0.15) is 5.10 Å². The predicted octanol–water partition coefficient (Wildman–Crippen LogP) is 4.67. The Hall–Kier alpha value is -3.25. The first kappa shape index (κ1) is 20.5. The predicted molar refractivity (Wildman–Crippen MR) is 115 cm³/mol. The van der Waals surface area contributed by atoms with Crippen LogP contribution in [0.1, 0.15) is 22.8 Å². The summed E-state index contributed by atoms with van der Waals surface area (Å²) >= 11 is 6.27. The largest absolute Gasteiger partial charge is 0.496 e. The molecule has 0 saturated heterocycles. The van der Waals surface area contributed by atoms with Crippen molar-refractivity contribution in [3.63, 3.8) is 0 Å². The van der Waals surface area contributed by atoms with Crippen molar-refractivity contribution in [2.45, 2.75) is 6.92 Å². The topological polar surface area (TPSA) is 69.2 Å². The quantitative estimate of drug-likeness (QED) is 0.452. The average Bonchev–Trinajstić information content (AvgIpc) is 2.74. The van der Waals surface area contributed by atoms with Gasteiger partial charge >= 0.3 is 0 Å². The third-order valence-corrected chi connectivity index (χ3v) is 4.59. The van der Waals surface area contributed by atoms with Crippen LogP contribution in [-0.4, -0.2) is 32.9 Å². The lowest BCUT2D eigenvalue weighted by Crippen LogP contribution is -2.18. The number of carbonyl (C=O) groups is 1. The lowest BCUT2D eigenvalue weighted by Gasteiger charge is -2.11. The van der Waals surface area contributed by atoms with Crippen LogP contribution in [0.25, 0.3) is 10.8 Å². The van der Waals surface area contributed by atoms with Gasteiger partial charge in [0, 0.05) is 11.6 Å². The Labute approximate surface area is 174 Å². The number of nitrogens with one attached hydrogen (secondary N) is 1. The van der Waals surface area contributed by atoms with Gasteiger partial charge in [0.05, 0.1) is 37.6 Å². The number of nitrogens with zero attached hydrogens (tertiary/aromatic N) is 1. The molecule has 0 fully saturated rings. The zero-order chi connectivity index (χ0) is 20.8. The molecule has 3 aromatic rings. The van der Waals surface area contributed by atoms with E-state index in [1.807, 2.05) is 37.3 Å². The summed E-state index contributed by atoms with van der Waals surface area (Å²) in [7, 11) is 3.07. The van der Waals surface area contributed by atoms with Gasteiger partial charge in [-0.15, -0.1) is 0 Å². The van der Waals surface area contributed by atoms with Crippen LogP contribution < -0.4 is 19.6 Å². The van der Waals surface area contributed by atoms with E-state index in [1.165, 1.54) is 13.3 Å². The maximum Gasteiger partial charge on any atom is 0.275 e. The maximum absolute atomic E-state index is 12.6. The van der Waals surface area contributed by atoms with Gasteiger partial charge in [-0.25, -0.2) is 5.43 Å². The smallest absolute Gasteiger partial charge is 0.275 e. The van der Waals surface area contributed by atoms with E-state index in [2.05, 4.69) is 10.5 Å². The highest BCUT2D eigenvalue weighted by Gasteiger charge is 2.14. The molecule has 0 atom stereocenters. The Morgan fingerprint density at radius 3 is 2.38 bits per heavy atom. The summed E-state index contributed by atoms with van der Waals surface area (Å²) in [5.41, 5.74) is 3.49. The highest BCUT2D eigenvalue weighted by molar-refractivity contribution is 6.33. The van der Waals surface area contributed by atoms with E-state index in [1.54, 1.807) is 25.3 Å². The first-order chi connectivity index (χ1) is 14.1. The number of carbonyl (C=O) groups excluding carboxylic acids is 1. The lowest BCUT2D eigenvalue weighted by atomic mass is 10.1. The van der Waals surface area contributed by atoms with E-state index in [9.17, 15) is 4.79 Å². The standard InChI is InChI=1S/C22H21ClN2O4/c1-4-29-21-11-16(18(23)12-20(21)28-3)13-24-25-22(26)17-9-14-7-5-6-8-15(14)10-19(17)27-2/h5-13H,4H2,1-3H3,(H,25,26). The number of benzene rings is 3. The number of hydrazone groups is 1. The van der Waals surface area contributed by atoms with Gasteiger partial charge in [-0.3, -0.25) is 4.79 Å². The molecule has 0 spiro atoms. The molecule has 0 saturated carbocycles. The zero-order valence-electron chi connectivity index (χ0n) is 16.4. The number of halogens is 1. The minimum absolute atomic E-state index is 0.388. The maximum atomic E-state index is 12.6. The highest BCUT2D eigenvalue weighted by Crippen LogP contribution is 2.32. The van der Waals surface area contributed by atoms with Crippen molar-refractivity contribution in [1.82, 2.24) is 5.43 Å². The van der Waals surface area contributed by atoms with Crippen molar-refractivity contribution >= 4 is 34.5 Å². The first-order valence-corrected chi connectivity index (χ1v) is 9.35. The van der Waals surface area contributed by atoms with Crippen molar-refractivity contribution < 1.29 is 19.0 Å². The fourth-order valence-electron chi connectivity index (χ4n) is 2.86. The van der Waals surface area contributed by atoms with Crippen LogP contribution in [0.15, 0.2) is 53.6 Å². The summed E-state index contributed by atoms with van der Waals surface area (Å²) in [5.74, 6) is 1.15. The molecule has 0 radical (unpaired) electrons. The summed E-state index contributed by atoms with van der Waals surface area (Å²) in [5, 5.41) is 6.37. The Bertz CT molecular complexity index is 1070. The van der Waals surface area contributed by atoms with Gasteiger partial charge in [-0.1, -0.05) is 35.9 Å². The fraction of sp³-hybridized carbons (Fsp3) is 0.182. The molecule has 3 rings (SSSR count). The minimum Gasteiger partial charge on any atom is -0.496 e. The fourth-order valence-corrected chi connectivity index (χ4v) is 3.07. The average molecular weight is 413 g/mol. The number of hydrogen-bond acceptors (Lipinski definition) is 5. The number of rotatable bonds is 7. The normalized spacial score (nSPS) is 10.9. The third-order valence-electron chi connectivity index (χ3n) is 4.26. The van der Waals surface area contributed by atoms with Crippen LogP contribution in [0.4, 0.5) is 0 Å². The van der Waals surface area contributed by atoms with Crippen LogP contribution in [0, 0.1) is 0 Å². The van der Waals surface area contributed by atoms with E-state index in [4.69, 9.17) is 25.8 Å². The molecule has 7 heteroatoms. The molecule has 0 aromatic heterocycles. The third kappa shape index (κ3) is 4.60. The Morgan fingerprint density at radius 2 is 1.72 bits per heavy atom. The van der Waals surface area contributed by atoms with Gasteiger partial charge in [-0.05, 0) is 35.9 Å². The molecule has 29 heavy (non-hydrogen) atoms. The van der Waals surface area contributed by atoms with Crippen molar-refractivity contribution in [3.8, 4) is 17.2 Å². The van der Waals surface area contributed by atoms with Gasteiger partial charge in [0.15, 0.2) is 11.5 Å². The molecule has 3 aromatic carbocycles. The van der Waals surface area contributed by atoms with E-state index < -0.39 is 5.91 Å². The SMILES string of the molecule is CCOc1cc(C=NNC(=O)c2cc3ccccc3cc2OC)c(Cl)cc1OC. The van der Waals surface area contributed by atoms with Crippen LogP contribution >= 0.6 is 11.6 Å². The van der Waals surface area contributed by atoms with Crippen molar-refractivity contribution in [1.29, 1.82) is 0 Å². The van der Waals surface area contributed by atoms with Gasteiger partial charge < -0.3 is 14.2 Å². The minimum atomic E-state index is -0.390.